The van der Waals surface area contributed by atoms with Crippen LogP contribution in [0, 0.1) is 0 Å². The summed E-state index contributed by atoms with van der Waals surface area (Å²) < 4.78 is 22.7. The molecule has 1 aliphatic heterocycles. The van der Waals surface area contributed by atoms with Crippen LogP contribution in [-0.2, 0) is 10.7 Å². The van der Waals surface area contributed by atoms with E-state index < -0.39 is 10.7 Å². The molecule has 0 N–H and O–H groups in total. The average Bonchev–Trinajstić information content (AvgIpc) is 2.51. The van der Waals surface area contributed by atoms with Gasteiger partial charge in [0.15, 0.2) is 10.7 Å². The van der Waals surface area contributed by atoms with Gasteiger partial charge in [-0.15, -0.1) is 0 Å². The first-order chi connectivity index (χ1) is 10.6. The van der Waals surface area contributed by atoms with Gasteiger partial charge < -0.3 is 0 Å². The number of amides is 2. The van der Waals surface area contributed by atoms with Crippen molar-refractivity contribution < 1.29 is 18.0 Å². The lowest BCUT2D eigenvalue weighted by Crippen LogP contribution is -2.40. The molecule has 22 heavy (non-hydrogen) atoms. The van der Waals surface area contributed by atoms with Crippen LogP contribution in [0.1, 0.15) is 40.5 Å². The number of hydrogen-bond donors (Lipinski definition) is 1. The van der Waals surface area contributed by atoms with E-state index in [-0.39, 0.29) is 16.7 Å². The molecular weight excluding hydrogens is 302 g/mol. The summed E-state index contributed by atoms with van der Waals surface area (Å²) >= 11 is 0. The SMILES string of the molecule is CCCCN1C(=O)c2cccc3c([SH](=O)=O)ccc(c23)C1=O. The fourth-order valence-corrected chi connectivity index (χ4v) is 3.39. The van der Waals surface area contributed by atoms with Crippen molar-refractivity contribution in [2.24, 2.45) is 0 Å². The fraction of sp³-hybridized carbons (Fsp3) is 0.250. The van der Waals surface area contributed by atoms with Gasteiger partial charge in [-0.1, -0.05) is 25.5 Å². The maximum atomic E-state index is 12.6. The summed E-state index contributed by atoms with van der Waals surface area (Å²) in [4.78, 5) is 26.5. The zero-order valence-electron chi connectivity index (χ0n) is 12.0. The van der Waals surface area contributed by atoms with Gasteiger partial charge >= 0.3 is 0 Å². The molecule has 5 nitrogen and oxygen atoms in total. The number of carbonyl (C=O) groups is 2. The molecule has 0 aromatic heterocycles. The van der Waals surface area contributed by atoms with Crippen molar-refractivity contribution in [2.45, 2.75) is 24.7 Å². The molecule has 2 amide bonds. The van der Waals surface area contributed by atoms with E-state index in [4.69, 9.17) is 0 Å². The quantitative estimate of drug-likeness (QED) is 0.693. The van der Waals surface area contributed by atoms with Crippen molar-refractivity contribution in [3.63, 3.8) is 0 Å². The monoisotopic (exact) mass is 317 g/mol. The molecule has 114 valence electrons. The molecule has 0 aliphatic carbocycles. The van der Waals surface area contributed by atoms with E-state index in [0.717, 1.165) is 12.8 Å². The van der Waals surface area contributed by atoms with Crippen LogP contribution in [0.4, 0.5) is 0 Å². The highest BCUT2D eigenvalue weighted by molar-refractivity contribution is 7.72. The van der Waals surface area contributed by atoms with E-state index in [1.54, 1.807) is 18.2 Å². The van der Waals surface area contributed by atoms with Crippen LogP contribution in [0.2, 0.25) is 0 Å². The van der Waals surface area contributed by atoms with Crippen molar-refractivity contribution >= 4 is 33.3 Å². The first-order valence-electron chi connectivity index (χ1n) is 7.12. The Balaban J connectivity index is 2.28. The number of rotatable bonds is 4. The van der Waals surface area contributed by atoms with Crippen LogP contribution < -0.4 is 0 Å². The Kier molecular flexibility index (Phi) is 3.70. The van der Waals surface area contributed by atoms with Crippen LogP contribution in [0.5, 0.6) is 0 Å². The number of carbonyl (C=O) groups excluding carboxylic acids is 2. The third kappa shape index (κ3) is 2.11. The van der Waals surface area contributed by atoms with Gasteiger partial charge in [0.05, 0.1) is 4.90 Å². The highest BCUT2D eigenvalue weighted by atomic mass is 32.2. The van der Waals surface area contributed by atoms with Gasteiger partial charge in [-0.3, -0.25) is 14.5 Å². The second-order valence-corrected chi connectivity index (χ2v) is 6.23. The smallest absolute Gasteiger partial charge is 0.261 e. The number of nitrogens with zero attached hydrogens (tertiary/aromatic N) is 1. The Morgan fingerprint density at radius 2 is 1.68 bits per heavy atom. The van der Waals surface area contributed by atoms with E-state index in [1.807, 2.05) is 6.92 Å². The number of benzene rings is 2. The predicted octanol–water partition coefficient (Wildman–Crippen LogP) is 2.21. The largest absolute Gasteiger partial charge is 0.274 e. The van der Waals surface area contributed by atoms with Gasteiger partial charge in [-0.05, 0) is 24.6 Å². The molecule has 0 spiro atoms. The normalized spacial score (nSPS) is 14.2. The molecule has 1 heterocycles. The van der Waals surface area contributed by atoms with Crippen molar-refractivity contribution in [1.82, 2.24) is 4.90 Å². The Bertz CT molecular complexity index is 840. The lowest BCUT2D eigenvalue weighted by molar-refractivity contribution is 0.0608. The minimum absolute atomic E-state index is 0.137. The standard InChI is InChI=1S/C16H15NO4S/c1-2-3-9-17-15(18)11-6-4-5-10-13(22(20)21)8-7-12(14(10)11)16(17)19/h4-8,22H,2-3,9H2,1H3. The van der Waals surface area contributed by atoms with Gasteiger partial charge in [0.2, 0.25) is 0 Å². The second kappa shape index (κ2) is 5.53. The van der Waals surface area contributed by atoms with Crippen molar-refractivity contribution in [3.05, 3.63) is 41.5 Å². The highest BCUT2D eigenvalue weighted by Gasteiger charge is 2.32. The van der Waals surface area contributed by atoms with Gasteiger partial charge in [0.1, 0.15) is 0 Å². The summed E-state index contributed by atoms with van der Waals surface area (Å²) in [6.07, 6.45) is 1.62. The zero-order valence-corrected chi connectivity index (χ0v) is 12.9. The predicted molar refractivity (Wildman–Crippen MR) is 82.8 cm³/mol. The topological polar surface area (TPSA) is 71.5 Å². The molecule has 0 bridgehead atoms. The van der Waals surface area contributed by atoms with E-state index >= 15 is 0 Å². The van der Waals surface area contributed by atoms with Crippen molar-refractivity contribution in [2.75, 3.05) is 6.54 Å². The summed E-state index contributed by atoms with van der Waals surface area (Å²) in [7, 11) is -2.79. The van der Waals surface area contributed by atoms with Crippen molar-refractivity contribution in [1.29, 1.82) is 0 Å². The molecule has 0 saturated heterocycles. The van der Waals surface area contributed by atoms with Crippen LogP contribution in [0.3, 0.4) is 0 Å². The Labute approximate surface area is 129 Å². The van der Waals surface area contributed by atoms with Gasteiger partial charge in [-0.2, -0.15) is 0 Å². The first-order valence-corrected chi connectivity index (χ1v) is 8.30. The highest BCUT2D eigenvalue weighted by Crippen LogP contribution is 2.32. The van der Waals surface area contributed by atoms with Crippen LogP contribution in [-0.4, -0.2) is 31.7 Å². The minimum Gasteiger partial charge on any atom is -0.274 e. The first kappa shape index (κ1) is 14.7. The zero-order chi connectivity index (χ0) is 15.9. The fourth-order valence-electron chi connectivity index (χ4n) is 2.81. The third-order valence-electron chi connectivity index (χ3n) is 3.90. The summed E-state index contributed by atoms with van der Waals surface area (Å²) in [5, 5.41) is 0.880. The van der Waals surface area contributed by atoms with E-state index in [1.165, 1.54) is 17.0 Å². The van der Waals surface area contributed by atoms with Gasteiger partial charge in [-0.25, -0.2) is 8.42 Å². The molecule has 6 heteroatoms. The maximum absolute atomic E-state index is 12.6. The Hall–Kier alpha value is -2.21. The number of imide groups is 1. The number of hydrogen-bond acceptors (Lipinski definition) is 4. The van der Waals surface area contributed by atoms with Gasteiger partial charge in [0.25, 0.3) is 11.8 Å². The van der Waals surface area contributed by atoms with Crippen molar-refractivity contribution in [3.8, 4) is 0 Å². The molecule has 1 aliphatic rings. The summed E-state index contributed by atoms with van der Waals surface area (Å²) in [6, 6.07) is 7.85. The molecule has 0 atom stereocenters. The third-order valence-corrected chi connectivity index (χ3v) is 4.68. The number of thiol groups is 1. The van der Waals surface area contributed by atoms with Gasteiger partial charge in [0, 0.05) is 28.4 Å². The minimum atomic E-state index is -2.79. The molecular formula is C16H15NO4S. The van der Waals surface area contributed by atoms with Crippen LogP contribution >= 0.6 is 0 Å². The van der Waals surface area contributed by atoms with Crippen LogP contribution in [0.25, 0.3) is 10.8 Å². The van der Waals surface area contributed by atoms with E-state index in [0.29, 0.717) is 28.4 Å². The lowest BCUT2D eigenvalue weighted by atomic mass is 9.94. The molecule has 3 rings (SSSR count). The lowest BCUT2D eigenvalue weighted by Gasteiger charge is -2.27. The molecule has 0 fully saturated rings. The molecule has 0 unspecified atom stereocenters. The molecule has 2 aromatic rings. The summed E-state index contributed by atoms with van der Waals surface area (Å²) in [5.74, 6) is -0.704. The maximum Gasteiger partial charge on any atom is 0.261 e. The number of unbranched alkanes of at least 4 members (excludes halogenated alkanes) is 1. The second-order valence-electron chi connectivity index (χ2n) is 5.23. The van der Waals surface area contributed by atoms with E-state index in [9.17, 15) is 18.0 Å². The Morgan fingerprint density at radius 1 is 1.00 bits per heavy atom. The molecule has 0 radical (unpaired) electrons. The summed E-state index contributed by atoms with van der Waals surface area (Å²) in [5.41, 5.74) is 0.781. The summed E-state index contributed by atoms with van der Waals surface area (Å²) in [6.45, 7) is 2.37. The van der Waals surface area contributed by atoms with Crippen LogP contribution in [0.15, 0.2) is 35.2 Å². The van der Waals surface area contributed by atoms with E-state index in [2.05, 4.69) is 0 Å². The Morgan fingerprint density at radius 3 is 2.32 bits per heavy atom. The average molecular weight is 317 g/mol. The molecule has 0 saturated carbocycles. The molecule has 2 aromatic carbocycles.